The number of hydrogen-bond donors (Lipinski definition) is 1. The van der Waals surface area contributed by atoms with Gasteiger partial charge in [0.1, 0.15) is 6.10 Å². The minimum absolute atomic E-state index is 0.0465. The van der Waals surface area contributed by atoms with E-state index in [1.807, 2.05) is 25.1 Å². The van der Waals surface area contributed by atoms with Crippen LogP contribution in [0.15, 0.2) is 42.6 Å². The molecule has 1 aromatic carbocycles. The van der Waals surface area contributed by atoms with Crippen molar-refractivity contribution >= 4 is 17.8 Å². The van der Waals surface area contributed by atoms with E-state index in [4.69, 9.17) is 18.9 Å². The number of benzene rings is 1. The normalized spacial score (nSPS) is 22.0. The molecule has 0 radical (unpaired) electrons. The summed E-state index contributed by atoms with van der Waals surface area (Å²) in [5.74, 6) is -1.15. The van der Waals surface area contributed by atoms with Crippen LogP contribution in [0.25, 0.3) is 0 Å². The summed E-state index contributed by atoms with van der Waals surface area (Å²) < 4.78 is 22.3. The lowest BCUT2D eigenvalue weighted by Gasteiger charge is -2.31. The first kappa shape index (κ1) is 29.1. The van der Waals surface area contributed by atoms with Crippen LogP contribution in [0.1, 0.15) is 56.6 Å². The van der Waals surface area contributed by atoms with Gasteiger partial charge >= 0.3 is 11.9 Å². The Morgan fingerprint density at radius 2 is 1.89 bits per heavy atom. The molecule has 4 atom stereocenters. The first-order chi connectivity index (χ1) is 18.2. The van der Waals surface area contributed by atoms with Gasteiger partial charge in [0.05, 0.1) is 13.7 Å². The van der Waals surface area contributed by atoms with Crippen molar-refractivity contribution in [1.82, 2.24) is 10.3 Å². The van der Waals surface area contributed by atoms with Crippen LogP contribution in [0.3, 0.4) is 0 Å². The Labute approximate surface area is 224 Å². The van der Waals surface area contributed by atoms with Crippen molar-refractivity contribution in [3.05, 3.63) is 53.9 Å². The first-order valence-corrected chi connectivity index (χ1v) is 13.0. The predicted molar refractivity (Wildman–Crippen MR) is 141 cm³/mol. The third kappa shape index (κ3) is 8.02. The molecule has 1 saturated heterocycles. The van der Waals surface area contributed by atoms with Crippen molar-refractivity contribution in [3.63, 3.8) is 0 Å². The van der Waals surface area contributed by atoms with E-state index in [2.05, 4.69) is 36.3 Å². The molecule has 0 unspecified atom stereocenters. The van der Waals surface area contributed by atoms with E-state index in [9.17, 15) is 14.4 Å². The molecule has 0 saturated carbocycles. The molecule has 2 heterocycles. The predicted octanol–water partition coefficient (Wildman–Crippen LogP) is 3.99. The number of nitrogens with zero attached hydrogens (tertiary/aromatic N) is 1. The van der Waals surface area contributed by atoms with E-state index in [0.29, 0.717) is 12.5 Å². The lowest BCUT2D eigenvalue weighted by atomic mass is 9.80. The minimum Gasteiger partial charge on any atom is -0.493 e. The highest BCUT2D eigenvalue weighted by atomic mass is 16.6. The lowest BCUT2D eigenvalue weighted by Crippen LogP contribution is -2.46. The Kier molecular flexibility index (Phi) is 10.6. The van der Waals surface area contributed by atoms with Crippen LogP contribution in [0.2, 0.25) is 0 Å². The zero-order valence-electron chi connectivity index (χ0n) is 22.8. The van der Waals surface area contributed by atoms with Crippen molar-refractivity contribution in [1.29, 1.82) is 0 Å². The van der Waals surface area contributed by atoms with Gasteiger partial charge in [-0.05, 0) is 37.2 Å². The van der Waals surface area contributed by atoms with E-state index in [0.717, 1.165) is 19.3 Å². The Morgan fingerprint density at radius 1 is 1.16 bits per heavy atom. The topological polar surface area (TPSA) is 113 Å². The molecule has 0 aliphatic carbocycles. The van der Waals surface area contributed by atoms with Gasteiger partial charge in [-0.2, -0.15) is 0 Å². The largest absolute Gasteiger partial charge is 0.493 e. The fourth-order valence-corrected chi connectivity index (χ4v) is 4.65. The molecular formula is C29H38N2O7. The van der Waals surface area contributed by atoms with E-state index >= 15 is 0 Å². The summed E-state index contributed by atoms with van der Waals surface area (Å²) in [4.78, 5) is 42.0. The van der Waals surface area contributed by atoms with Gasteiger partial charge in [0.15, 0.2) is 17.5 Å². The maximum absolute atomic E-state index is 13.2. The maximum Gasteiger partial charge on any atom is 0.331 e. The molecule has 0 spiro atoms. The molecular weight excluding hydrogens is 488 g/mol. The molecule has 1 N–H and O–H groups in total. The van der Waals surface area contributed by atoms with Crippen LogP contribution in [0.5, 0.6) is 11.5 Å². The number of rotatable bonds is 9. The standard InChI is InChI=1S/C29H38N2O7/c1-18(2)11-12-22-16-36-17-24(29(34)37-19(3)23(22)15-21-9-7-6-8-10-21)31-28(33)26-27(38-20(4)32)25(35-5)13-14-30-26/h6-10,13-14,18-19,22-24H,11-12,15-17H2,1-5H3,(H,31,33)/t19-,22-,23-,24-/m0/s1. The number of carbonyl (C=O) groups excluding carboxylic acids is 3. The number of carbonyl (C=O) groups is 3. The average molecular weight is 527 g/mol. The van der Waals surface area contributed by atoms with Crippen LogP contribution >= 0.6 is 0 Å². The summed E-state index contributed by atoms with van der Waals surface area (Å²) >= 11 is 0. The number of aromatic nitrogens is 1. The quantitative estimate of drug-likeness (QED) is 0.488. The van der Waals surface area contributed by atoms with E-state index < -0.39 is 30.0 Å². The van der Waals surface area contributed by atoms with Gasteiger partial charge in [-0.25, -0.2) is 9.78 Å². The molecule has 0 bridgehead atoms. The summed E-state index contributed by atoms with van der Waals surface area (Å²) in [5, 5.41) is 2.65. The van der Waals surface area contributed by atoms with Crippen molar-refractivity contribution in [2.75, 3.05) is 20.3 Å². The molecule has 3 rings (SSSR count). The average Bonchev–Trinajstić information content (AvgIpc) is 2.93. The summed E-state index contributed by atoms with van der Waals surface area (Å²) in [6.07, 6.45) is 3.67. The monoisotopic (exact) mass is 526 g/mol. The minimum atomic E-state index is -1.07. The first-order valence-electron chi connectivity index (χ1n) is 13.0. The molecule has 1 fully saturated rings. The maximum atomic E-state index is 13.2. The Hall–Kier alpha value is -3.46. The zero-order valence-corrected chi connectivity index (χ0v) is 22.8. The second-order valence-electron chi connectivity index (χ2n) is 10.1. The van der Waals surface area contributed by atoms with Gasteiger partial charge in [0.25, 0.3) is 5.91 Å². The van der Waals surface area contributed by atoms with E-state index in [1.165, 1.54) is 31.9 Å². The zero-order chi connectivity index (χ0) is 27.7. The number of cyclic esters (lactones) is 1. The number of amides is 1. The summed E-state index contributed by atoms with van der Waals surface area (Å²) in [5.41, 5.74) is 0.984. The number of methoxy groups -OCH3 is 1. The number of nitrogens with one attached hydrogen (secondary N) is 1. The highest BCUT2D eigenvalue weighted by molar-refractivity contribution is 5.98. The van der Waals surface area contributed by atoms with Crippen LogP contribution in [-0.4, -0.2) is 55.3 Å². The third-order valence-corrected chi connectivity index (χ3v) is 6.70. The van der Waals surface area contributed by atoms with Crippen molar-refractivity contribution < 1.29 is 33.3 Å². The molecule has 9 heteroatoms. The van der Waals surface area contributed by atoms with Gasteiger partial charge in [0, 0.05) is 31.7 Å². The molecule has 1 aliphatic rings. The van der Waals surface area contributed by atoms with Gasteiger partial charge < -0.3 is 24.3 Å². The van der Waals surface area contributed by atoms with Crippen LogP contribution in [0.4, 0.5) is 0 Å². The molecule has 1 amide bonds. The van der Waals surface area contributed by atoms with Crippen molar-refractivity contribution in [3.8, 4) is 11.5 Å². The SMILES string of the molecule is COc1ccnc(C(=O)N[C@H]2COC[C@H](CCC(C)C)[C@@H](Cc3ccccc3)[C@H](C)OC2=O)c1OC(C)=O. The second-order valence-corrected chi connectivity index (χ2v) is 10.1. The lowest BCUT2D eigenvalue weighted by molar-refractivity contribution is -0.154. The Morgan fingerprint density at radius 3 is 2.55 bits per heavy atom. The second kappa shape index (κ2) is 13.9. The molecule has 1 aromatic heterocycles. The summed E-state index contributed by atoms with van der Waals surface area (Å²) in [7, 11) is 1.39. The third-order valence-electron chi connectivity index (χ3n) is 6.70. The Balaban J connectivity index is 1.81. The van der Waals surface area contributed by atoms with Gasteiger partial charge in [-0.3, -0.25) is 9.59 Å². The fraction of sp³-hybridized carbons (Fsp3) is 0.517. The molecule has 206 valence electrons. The van der Waals surface area contributed by atoms with Gasteiger partial charge in [0.2, 0.25) is 5.75 Å². The van der Waals surface area contributed by atoms with Gasteiger partial charge in [-0.1, -0.05) is 50.6 Å². The number of esters is 2. The van der Waals surface area contributed by atoms with E-state index in [1.54, 1.807) is 0 Å². The van der Waals surface area contributed by atoms with Crippen LogP contribution in [-0.2, 0) is 25.5 Å². The summed E-state index contributed by atoms with van der Waals surface area (Å²) in [6.45, 7) is 7.87. The molecule has 9 nitrogen and oxygen atoms in total. The highest BCUT2D eigenvalue weighted by Gasteiger charge is 2.35. The highest BCUT2D eigenvalue weighted by Crippen LogP contribution is 2.31. The number of hydrogen-bond acceptors (Lipinski definition) is 8. The van der Waals surface area contributed by atoms with Crippen molar-refractivity contribution in [2.24, 2.45) is 17.8 Å². The smallest absolute Gasteiger partial charge is 0.331 e. The fourth-order valence-electron chi connectivity index (χ4n) is 4.65. The molecule has 38 heavy (non-hydrogen) atoms. The molecule has 1 aliphatic heterocycles. The molecule has 2 aromatic rings. The van der Waals surface area contributed by atoms with E-state index in [-0.39, 0.29) is 35.6 Å². The summed E-state index contributed by atoms with van der Waals surface area (Å²) in [6, 6.07) is 10.5. The Bertz CT molecular complexity index is 1090. The van der Waals surface area contributed by atoms with Crippen LogP contribution < -0.4 is 14.8 Å². The number of pyridine rings is 1. The van der Waals surface area contributed by atoms with Crippen LogP contribution in [0, 0.1) is 17.8 Å². The van der Waals surface area contributed by atoms with Gasteiger partial charge in [-0.15, -0.1) is 0 Å². The van der Waals surface area contributed by atoms with Crippen molar-refractivity contribution in [2.45, 2.75) is 59.1 Å². The number of ether oxygens (including phenoxy) is 4.